The summed E-state index contributed by atoms with van der Waals surface area (Å²) in [7, 11) is 0. The van der Waals surface area contributed by atoms with Crippen LogP contribution in [0.5, 0.6) is 0 Å². The fraction of sp³-hybridized carbons (Fsp3) is 0.421. The monoisotopic (exact) mass is 282 g/mol. The van der Waals surface area contributed by atoms with Gasteiger partial charge in [0.2, 0.25) is 0 Å². The Hall–Kier alpha value is -1.67. The Morgan fingerprint density at radius 3 is 2.38 bits per heavy atom. The quantitative estimate of drug-likeness (QED) is 0.824. The van der Waals surface area contributed by atoms with Gasteiger partial charge in [0.25, 0.3) is 0 Å². The zero-order chi connectivity index (χ0) is 15.1. The van der Waals surface area contributed by atoms with Gasteiger partial charge in [-0.05, 0) is 55.0 Å². The van der Waals surface area contributed by atoms with Crippen LogP contribution in [0.15, 0.2) is 48.8 Å². The van der Waals surface area contributed by atoms with Crippen molar-refractivity contribution in [2.45, 2.75) is 39.7 Å². The van der Waals surface area contributed by atoms with E-state index in [4.69, 9.17) is 0 Å². The average molecular weight is 282 g/mol. The van der Waals surface area contributed by atoms with Gasteiger partial charge in [0.1, 0.15) is 0 Å². The second-order valence-electron chi connectivity index (χ2n) is 6.13. The molecule has 1 atom stereocenters. The van der Waals surface area contributed by atoms with Crippen molar-refractivity contribution in [2.75, 3.05) is 6.54 Å². The highest BCUT2D eigenvalue weighted by Gasteiger charge is 2.05. The van der Waals surface area contributed by atoms with Crippen LogP contribution in [-0.4, -0.2) is 11.5 Å². The summed E-state index contributed by atoms with van der Waals surface area (Å²) in [6, 6.07) is 13.5. The van der Waals surface area contributed by atoms with E-state index in [1.165, 1.54) is 16.7 Å². The number of nitrogens with zero attached hydrogens (tertiary/aromatic N) is 1. The number of nitrogens with one attached hydrogen (secondary N) is 1. The molecule has 1 aromatic carbocycles. The molecule has 1 unspecified atom stereocenters. The van der Waals surface area contributed by atoms with Gasteiger partial charge in [0, 0.05) is 18.4 Å². The predicted octanol–water partition coefficient (Wildman–Crippen LogP) is 4.17. The lowest BCUT2D eigenvalue weighted by Gasteiger charge is -2.15. The van der Waals surface area contributed by atoms with E-state index in [1.807, 2.05) is 18.5 Å². The molecule has 112 valence electrons. The Morgan fingerprint density at radius 1 is 1.00 bits per heavy atom. The second-order valence-corrected chi connectivity index (χ2v) is 6.13. The Bertz CT molecular complexity index is 517. The minimum Gasteiger partial charge on any atom is -0.310 e. The molecule has 0 aliphatic carbocycles. The molecule has 0 radical (unpaired) electrons. The summed E-state index contributed by atoms with van der Waals surface area (Å²) >= 11 is 0. The molecule has 2 rings (SSSR count). The van der Waals surface area contributed by atoms with Gasteiger partial charge >= 0.3 is 0 Å². The lowest BCUT2D eigenvalue weighted by molar-refractivity contribution is 0.576. The molecule has 0 saturated carbocycles. The van der Waals surface area contributed by atoms with Crippen molar-refractivity contribution in [3.05, 3.63) is 65.5 Å². The average Bonchev–Trinajstić information content (AvgIpc) is 2.48. The van der Waals surface area contributed by atoms with Crippen molar-refractivity contribution < 1.29 is 0 Å². The number of hydrogen-bond acceptors (Lipinski definition) is 2. The van der Waals surface area contributed by atoms with Crippen molar-refractivity contribution in [3.8, 4) is 0 Å². The van der Waals surface area contributed by atoms with Crippen LogP contribution in [0.1, 0.15) is 43.5 Å². The first-order valence-electron chi connectivity index (χ1n) is 7.86. The van der Waals surface area contributed by atoms with Crippen LogP contribution >= 0.6 is 0 Å². The van der Waals surface area contributed by atoms with E-state index in [1.54, 1.807) is 0 Å². The molecule has 21 heavy (non-hydrogen) atoms. The summed E-state index contributed by atoms with van der Waals surface area (Å²) < 4.78 is 0. The minimum absolute atomic E-state index is 0.384. The third-order valence-electron chi connectivity index (χ3n) is 3.71. The van der Waals surface area contributed by atoms with Gasteiger partial charge in [0.05, 0.1) is 0 Å². The molecular weight excluding hydrogens is 256 g/mol. The van der Waals surface area contributed by atoms with E-state index in [0.29, 0.717) is 12.0 Å². The van der Waals surface area contributed by atoms with Crippen molar-refractivity contribution in [1.82, 2.24) is 10.3 Å². The molecule has 1 N–H and O–H groups in total. The second kappa shape index (κ2) is 7.94. The molecule has 2 nitrogen and oxygen atoms in total. The van der Waals surface area contributed by atoms with E-state index in [0.717, 1.165) is 19.4 Å². The lowest BCUT2D eigenvalue weighted by atomic mass is 10.00. The first kappa shape index (κ1) is 15.7. The largest absolute Gasteiger partial charge is 0.310 e. The van der Waals surface area contributed by atoms with Crippen LogP contribution in [0.3, 0.4) is 0 Å². The maximum atomic E-state index is 4.15. The normalized spacial score (nSPS) is 12.6. The third-order valence-corrected chi connectivity index (χ3v) is 3.71. The number of pyridine rings is 1. The van der Waals surface area contributed by atoms with E-state index >= 15 is 0 Å². The maximum absolute atomic E-state index is 4.15. The van der Waals surface area contributed by atoms with E-state index in [-0.39, 0.29) is 0 Å². The third kappa shape index (κ3) is 5.31. The van der Waals surface area contributed by atoms with Gasteiger partial charge in [-0.2, -0.15) is 0 Å². The smallest absolute Gasteiger partial charge is 0.0300 e. The van der Waals surface area contributed by atoms with E-state index < -0.39 is 0 Å². The van der Waals surface area contributed by atoms with Crippen LogP contribution in [0.25, 0.3) is 0 Å². The summed E-state index contributed by atoms with van der Waals surface area (Å²) in [5.41, 5.74) is 4.06. The van der Waals surface area contributed by atoms with Crippen LogP contribution in [0.4, 0.5) is 0 Å². The fourth-order valence-electron chi connectivity index (χ4n) is 2.51. The van der Waals surface area contributed by atoms with Gasteiger partial charge < -0.3 is 5.32 Å². The molecule has 2 heteroatoms. The summed E-state index contributed by atoms with van der Waals surface area (Å²) in [6.07, 6.45) is 5.93. The van der Waals surface area contributed by atoms with E-state index in [9.17, 15) is 0 Å². The number of hydrogen-bond donors (Lipinski definition) is 1. The highest BCUT2D eigenvalue weighted by atomic mass is 14.9. The highest BCUT2D eigenvalue weighted by molar-refractivity contribution is 5.25. The number of benzene rings is 1. The Morgan fingerprint density at radius 2 is 1.76 bits per heavy atom. The van der Waals surface area contributed by atoms with E-state index in [2.05, 4.69) is 61.4 Å². The first-order chi connectivity index (χ1) is 10.1. The molecule has 0 aliphatic heterocycles. The van der Waals surface area contributed by atoms with Crippen LogP contribution in [-0.2, 0) is 12.8 Å². The van der Waals surface area contributed by atoms with Crippen LogP contribution < -0.4 is 5.32 Å². The first-order valence-corrected chi connectivity index (χ1v) is 7.86. The molecule has 0 aliphatic rings. The Balaban J connectivity index is 1.81. The zero-order valence-corrected chi connectivity index (χ0v) is 13.3. The lowest BCUT2D eigenvalue weighted by Crippen LogP contribution is -2.21. The topological polar surface area (TPSA) is 24.9 Å². The highest BCUT2D eigenvalue weighted by Crippen LogP contribution is 2.15. The Kier molecular flexibility index (Phi) is 5.94. The van der Waals surface area contributed by atoms with Gasteiger partial charge in [-0.15, -0.1) is 0 Å². The fourth-order valence-corrected chi connectivity index (χ4v) is 2.51. The van der Waals surface area contributed by atoms with Crippen molar-refractivity contribution in [1.29, 1.82) is 0 Å². The summed E-state index contributed by atoms with van der Waals surface area (Å²) in [5, 5.41) is 3.58. The van der Waals surface area contributed by atoms with Crippen LogP contribution in [0, 0.1) is 5.92 Å². The molecule has 0 spiro atoms. The Labute approximate surface area is 128 Å². The summed E-state index contributed by atoms with van der Waals surface area (Å²) in [4.78, 5) is 4.15. The molecule has 0 saturated heterocycles. The van der Waals surface area contributed by atoms with Gasteiger partial charge in [0.15, 0.2) is 0 Å². The van der Waals surface area contributed by atoms with Gasteiger partial charge in [-0.3, -0.25) is 4.98 Å². The maximum Gasteiger partial charge on any atom is 0.0300 e. The molecular formula is C19H26N2. The standard InChI is InChI=1S/C19H26N2/c1-15(2)13-17-6-8-19(9-7-17)16(3)21-12-10-18-5-4-11-20-14-18/h4-9,11,14-16,21H,10,12-13H2,1-3H3. The summed E-state index contributed by atoms with van der Waals surface area (Å²) in [5.74, 6) is 0.714. The molecule has 0 amide bonds. The van der Waals surface area contributed by atoms with Gasteiger partial charge in [-0.1, -0.05) is 44.2 Å². The van der Waals surface area contributed by atoms with Crippen molar-refractivity contribution in [3.63, 3.8) is 0 Å². The summed E-state index contributed by atoms with van der Waals surface area (Å²) in [6.45, 7) is 7.72. The molecule has 2 aromatic rings. The number of rotatable bonds is 7. The van der Waals surface area contributed by atoms with Crippen molar-refractivity contribution in [2.24, 2.45) is 5.92 Å². The SMILES string of the molecule is CC(C)Cc1ccc(C(C)NCCc2cccnc2)cc1. The molecule has 1 heterocycles. The van der Waals surface area contributed by atoms with Crippen LogP contribution in [0.2, 0.25) is 0 Å². The predicted molar refractivity (Wildman–Crippen MR) is 89.3 cm³/mol. The van der Waals surface area contributed by atoms with Crippen molar-refractivity contribution >= 4 is 0 Å². The molecule has 0 fully saturated rings. The zero-order valence-electron chi connectivity index (χ0n) is 13.3. The van der Waals surface area contributed by atoms with Gasteiger partial charge in [-0.25, -0.2) is 0 Å². The molecule has 1 aromatic heterocycles. The number of aromatic nitrogens is 1. The molecule has 0 bridgehead atoms. The minimum atomic E-state index is 0.384.